The Morgan fingerprint density at radius 3 is 1.89 bits per heavy atom. The summed E-state index contributed by atoms with van der Waals surface area (Å²) in [6, 6.07) is 15.1. The summed E-state index contributed by atoms with van der Waals surface area (Å²) < 4.78 is 0. The molecule has 0 radical (unpaired) electrons. The summed E-state index contributed by atoms with van der Waals surface area (Å²) in [5.74, 6) is -1.18. The van der Waals surface area contributed by atoms with Crippen LogP contribution in [0.1, 0.15) is 39.6 Å². The van der Waals surface area contributed by atoms with Crippen molar-refractivity contribution in [3.05, 3.63) is 71.3 Å². The Kier molecular flexibility index (Phi) is 4.22. The van der Waals surface area contributed by atoms with E-state index in [1.165, 1.54) is 0 Å². The lowest BCUT2D eigenvalue weighted by Crippen LogP contribution is -2.44. The summed E-state index contributed by atoms with van der Waals surface area (Å²) in [4.78, 5) is 52.8. The van der Waals surface area contributed by atoms with Crippen LogP contribution in [0.15, 0.2) is 54.6 Å². The van der Waals surface area contributed by atoms with Gasteiger partial charge in [-0.25, -0.2) is 4.79 Å². The van der Waals surface area contributed by atoms with Gasteiger partial charge in [-0.3, -0.25) is 24.2 Å². The second kappa shape index (κ2) is 6.60. The highest BCUT2D eigenvalue weighted by atomic mass is 16.2. The fourth-order valence-corrected chi connectivity index (χ4v) is 3.83. The number of hydrogen-bond acceptors (Lipinski definition) is 4. The van der Waals surface area contributed by atoms with Gasteiger partial charge in [0.05, 0.1) is 11.1 Å². The van der Waals surface area contributed by atoms with Crippen molar-refractivity contribution in [2.45, 2.75) is 18.9 Å². The highest BCUT2D eigenvalue weighted by molar-refractivity contribution is 6.21. The number of urea groups is 1. The van der Waals surface area contributed by atoms with Crippen LogP contribution in [0.3, 0.4) is 0 Å². The average molecular weight is 377 g/mol. The topological polar surface area (TPSA) is 86.8 Å². The van der Waals surface area contributed by atoms with E-state index in [1.54, 1.807) is 36.4 Å². The number of hydrogen-bond donors (Lipinski definition) is 1. The Balaban J connectivity index is 1.54. The van der Waals surface area contributed by atoms with E-state index in [4.69, 9.17) is 0 Å². The summed E-state index contributed by atoms with van der Waals surface area (Å²) in [6.45, 7) is 1.74. The zero-order valence-electron chi connectivity index (χ0n) is 15.3. The van der Waals surface area contributed by atoms with Crippen LogP contribution < -0.4 is 5.32 Å². The van der Waals surface area contributed by atoms with Crippen LogP contribution >= 0.6 is 0 Å². The van der Waals surface area contributed by atoms with Crippen LogP contribution in [0, 0.1) is 0 Å². The molecule has 0 aliphatic carbocycles. The van der Waals surface area contributed by atoms with Crippen LogP contribution in [0.4, 0.5) is 4.79 Å². The van der Waals surface area contributed by atoms with E-state index in [1.807, 2.05) is 25.1 Å². The van der Waals surface area contributed by atoms with Crippen molar-refractivity contribution in [3.8, 4) is 0 Å². The maximum atomic E-state index is 13.1. The highest BCUT2D eigenvalue weighted by Gasteiger charge is 2.51. The number of amides is 5. The minimum Gasteiger partial charge on any atom is -0.319 e. The summed E-state index contributed by atoms with van der Waals surface area (Å²) in [5.41, 5.74) is 0.271. The van der Waals surface area contributed by atoms with Gasteiger partial charge in [0.15, 0.2) is 0 Å². The monoisotopic (exact) mass is 377 g/mol. The smallest absolute Gasteiger partial charge is 0.319 e. The number of carbonyl (C=O) groups is 4. The molecule has 0 bridgehead atoms. The number of rotatable bonds is 5. The van der Waals surface area contributed by atoms with Gasteiger partial charge < -0.3 is 5.32 Å². The van der Waals surface area contributed by atoms with Gasteiger partial charge in [-0.15, -0.1) is 0 Å². The summed E-state index contributed by atoms with van der Waals surface area (Å²) >= 11 is 0. The van der Waals surface area contributed by atoms with Crippen LogP contribution in [0.5, 0.6) is 0 Å². The standard InChI is InChI=1S/C21H19N3O4/c1-2-21(14-8-4-3-5-9-14)19(27)24(20(28)22-21)13-12-23-17(25)15-10-6-7-11-16(15)18(23)26/h3-11H,2,12-13H2,1H3,(H,22,28)/t21-/m1/s1. The van der Waals surface area contributed by atoms with Crippen molar-refractivity contribution in [2.75, 3.05) is 13.1 Å². The molecule has 2 aliphatic rings. The molecule has 0 spiro atoms. The third-order valence-electron chi connectivity index (χ3n) is 5.40. The number of carbonyl (C=O) groups excluding carboxylic acids is 4. The molecule has 28 heavy (non-hydrogen) atoms. The molecular formula is C21H19N3O4. The van der Waals surface area contributed by atoms with E-state index in [0.717, 1.165) is 9.80 Å². The quantitative estimate of drug-likeness (QED) is 0.639. The largest absolute Gasteiger partial charge is 0.325 e. The molecule has 5 amide bonds. The molecule has 2 heterocycles. The number of benzene rings is 2. The molecule has 7 heteroatoms. The van der Waals surface area contributed by atoms with E-state index in [-0.39, 0.29) is 19.0 Å². The summed E-state index contributed by atoms with van der Waals surface area (Å²) in [6.07, 6.45) is 0.394. The third-order valence-corrected chi connectivity index (χ3v) is 5.40. The fourth-order valence-electron chi connectivity index (χ4n) is 3.83. The molecular weight excluding hydrogens is 358 g/mol. The minimum atomic E-state index is -1.12. The van der Waals surface area contributed by atoms with E-state index in [2.05, 4.69) is 5.32 Å². The number of nitrogens with one attached hydrogen (secondary N) is 1. The molecule has 2 aromatic carbocycles. The van der Waals surface area contributed by atoms with Crippen molar-refractivity contribution in [1.82, 2.24) is 15.1 Å². The minimum absolute atomic E-state index is 0.0416. The lowest BCUT2D eigenvalue weighted by Gasteiger charge is -2.26. The Hall–Kier alpha value is -3.48. The van der Waals surface area contributed by atoms with Gasteiger partial charge in [0, 0.05) is 13.1 Å². The maximum Gasteiger partial charge on any atom is 0.325 e. The van der Waals surface area contributed by atoms with Gasteiger partial charge in [-0.2, -0.15) is 0 Å². The molecule has 2 aliphatic heterocycles. The predicted molar refractivity (Wildman–Crippen MR) is 100 cm³/mol. The molecule has 0 aromatic heterocycles. The van der Waals surface area contributed by atoms with Crippen molar-refractivity contribution >= 4 is 23.8 Å². The van der Waals surface area contributed by atoms with Crippen molar-refractivity contribution in [3.63, 3.8) is 0 Å². The van der Waals surface area contributed by atoms with Gasteiger partial charge in [0.2, 0.25) is 0 Å². The van der Waals surface area contributed by atoms with Gasteiger partial charge in [0.25, 0.3) is 17.7 Å². The summed E-state index contributed by atoms with van der Waals surface area (Å²) in [7, 11) is 0. The molecule has 0 unspecified atom stereocenters. The normalized spacial score (nSPS) is 21.3. The Morgan fingerprint density at radius 1 is 0.786 bits per heavy atom. The number of imide groups is 2. The molecule has 7 nitrogen and oxygen atoms in total. The van der Waals surface area contributed by atoms with Gasteiger partial charge >= 0.3 is 6.03 Å². The lowest BCUT2D eigenvalue weighted by molar-refractivity contribution is -0.131. The molecule has 4 rings (SSSR count). The maximum absolute atomic E-state index is 13.1. The van der Waals surface area contributed by atoms with Crippen LogP contribution in [0.25, 0.3) is 0 Å². The Morgan fingerprint density at radius 2 is 1.32 bits per heavy atom. The average Bonchev–Trinajstić information content (AvgIpc) is 3.12. The SMILES string of the molecule is CC[C@]1(c2ccccc2)NC(=O)N(CCN2C(=O)c3ccccc3C2=O)C1=O. The van der Waals surface area contributed by atoms with Crippen molar-refractivity contribution < 1.29 is 19.2 Å². The Bertz CT molecular complexity index is 953. The zero-order chi connectivity index (χ0) is 19.9. The first kappa shape index (κ1) is 17.9. The van der Waals surface area contributed by atoms with Crippen molar-refractivity contribution in [1.29, 1.82) is 0 Å². The molecule has 1 fully saturated rings. The Labute approximate surface area is 161 Å². The first-order chi connectivity index (χ1) is 13.5. The summed E-state index contributed by atoms with van der Waals surface area (Å²) in [5, 5.41) is 2.80. The molecule has 142 valence electrons. The molecule has 1 saturated heterocycles. The number of fused-ring (bicyclic) bond motifs is 1. The van der Waals surface area contributed by atoms with Crippen molar-refractivity contribution in [2.24, 2.45) is 0 Å². The lowest BCUT2D eigenvalue weighted by atomic mass is 9.87. The molecule has 2 aromatic rings. The fraction of sp³-hybridized carbons (Fsp3) is 0.238. The second-order valence-electron chi connectivity index (χ2n) is 6.82. The second-order valence-corrected chi connectivity index (χ2v) is 6.82. The van der Waals surface area contributed by atoms with Gasteiger partial charge in [0.1, 0.15) is 5.54 Å². The predicted octanol–water partition coefficient (Wildman–Crippen LogP) is 2.14. The van der Waals surface area contributed by atoms with Crippen LogP contribution in [-0.2, 0) is 10.3 Å². The molecule has 1 N–H and O–H groups in total. The molecule has 0 saturated carbocycles. The molecule has 1 atom stereocenters. The number of nitrogens with zero attached hydrogens (tertiary/aromatic N) is 2. The third kappa shape index (κ3) is 2.51. The van der Waals surface area contributed by atoms with E-state index in [9.17, 15) is 19.2 Å². The zero-order valence-corrected chi connectivity index (χ0v) is 15.3. The van der Waals surface area contributed by atoms with Crippen LogP contribution in [-0.4, -0.2) is 46.6 Å². The first-order valence-corrected chi connectivity index (χ1v) is 9.14. The first-order valence-electron chi connectivity index (χ1n) is 9.14. The van der Waals surface area contributed by atoms with Gasteiger partial charge in [-0.05, 0) is 24.1 Å². The van der Waals surface area contributed by atoms with E-state index < -0.39 is 23.4 Å². The van der Waals surface area contributed by atoms with E-state index >= 15 is 0 Å². The van der Waals surface area contributed by atoms with Crippen LogP contribution in [0.2, 0.25) is 0 Å². The van der Waals surface area contributed by atoms with E-state index in [0.29, 0.717) is 23.1 Å². The highest BCUT2D eigenvalue weighted by Crippen LogP contribution is 2.32. The van der Waals surface area contributed by atoms with Gasteiger partial charge in [-0.1, -0.05) is 49.4 Å².